The third kappa shape index (κ3) is 10.0. The average molecular weight is 821 g/mol. The average Bonchev–Trinajstić information content (AvgIpc) is 3.15. The van der Waals surface area contributed by atoms with Crippen LogP contribution in [0.1, 0.15) is 91.9 Å². The van der Waals surface area contributed by atoms with Crippen LogP contribution in [0, 0.1) is 34.0 Å². The fourth-order valence-corrected chi connectivity index (χ4v) is 9.63. The van der Waals surface area contributed by atoms with E-state index in [4.69, 9.17) is 24.4 Å². The van der Waals surface area contributed by atoms with Crippen LogP contribution in [0.2, 0.25) is 0 Å². The summed E-state index contributed by atoms with van der Waals surface area (Å²) in [5.41, 5.74) is -1.52. The molecule has 0 saturated heterocycles. The van der Waals surface area contributed by atoms with E-state index in [0.717, 1.165) is 0 Å². The predicted molar refractivity (Wildman–Crippen MR) is 199 cm³/mol. The summed E-state index contributed by atoms with van der Waals surface area (Å²) < 4.78 is 16.4. The smallest absolute Gasteiger partial charge is 0.314 e. The van der Waals surface area contributed by atoms with Crippen molar-refractivity contribution in [3.05, 3.63) is 46.7 Å². The summed E-state index contributed by atoms with van der Waals surface area (Å²) in [6.45, 7) is 10.5. The summed E-state index contributed by atoms with van der Waals surface area (Å²) >= 11 is 0. The molecule has 57 heavy (non-hydrogen) atoms. The number of hydrogen-bond donors (Lipinski definition) is 14. The zero-order valence-corrected chi connectivity index (χ0v) is 33.1. The highest BCUT2D eigenvalue weighted by molar-refractivity contribution is 5.77. The molecule has 3 rings (SSSR count). The van der Waals surface area contributed by atoms with Crippen LogP contribution in [0.15, 0.2) is 46.7 Å². The maximum absolute atomic E-state index is 13.9. The third-order valence-corrected chi connectivity index (χ3v) is 12.8. The first-order valence-corrected chi connectivity index (χ1v) is 19.4. The quantitative estimate of drug-likeness (QED) is 0.0382. The van der Waals surface area contributed by atoms with Gasteiger partial charge in [0.15, 0.2) is 23.0 Å². The number of ether oxygens (including phenoxy) is 3. The summed E-state index contributed by atoms with van der Waals surface area (Å²) in [6, 6.07) is 0. The van der Waals surface area contributed by atoms with Gasteiger partial charge in [-0.2, -0.15) is 0 Å². The van der Waals surface area contributed by atoms with Crippen LogP contribution in [0.4, 0.5) is 0 Å². The Morgan fingerprint density at radius 2 is 1.21 bits per heavy atom. The van der Waals surface area contributed by atoms with E-state index in [1.54, 1.807) is 6.92 Å². The molecule has 0 radical (unpaired) electrons. The van der Waals surface area contributed by atoms with Gasteiger partial charge in [-0.1, -0.05) is 33.8 Å². The lowest BCUT2D eigenvalue weighted by atomic mass is 9.38. The molecule has 0 amide bonds. The van der Waals surface area contributed by atoms with Crippen LogP contribution in [0.25, 0.3) is 0 Å². The van der Waals surface area contributed by atoms with Gasteiger partial charge in [0, 0.05) is 39.1 Å². The highest BCUT2D eigenvalue weighted by atomic mass is 16.7. The summed E-state index contributed by atoms with van der Waals surface area (Å²) in [5.74, 6) is -7.99. The molecule has 0 bridgehead atoms. The van der Waals surface area contributed by atoms with Crippen molar-refractivity contribution in [1.29, 1.82) is 0 Å². The van der Waals surface area contributed by atoms with Crippen LogP contribution in [-0.4, -0.2) is 141 Å². The summed E-state index contributed by atoms with van der Waals surface area (Å²) in [7, 11) is 0. The van der Waals surface area contributed by atoms with E-state index in [2.05, 4.69) is 27.4 Å². The summed E-state index contributed by atoms with van der Waals surface area (Å²) in [6.07, 6.45) is -11.0. The minimum atomic E-state index is -2.50. The Balaban J connectivity index is 1.95. The first-order chi connectivity index (χ1) is 26.6. The lowest BCUT2D eigenvalue weighted by Crippen LogP contribution is -2.61. The number of rotatable bonds is 19. The molecule has 0 heterocycles. The number of hydrogen-bond acceptors (Lipinski definition) is 18. The standard InChI is InChI=1S/C39H64O18/c1-19(2)39-13-7-25-37(4,11-6-12-38(25,5)36(54)57-34(52)30(49)28(47)22(44)9-15-41)26(39)17-24(20(3)18-39)55-35(53)31(50)32(23(45)10-16-42)56-33(51)29(48)27(46)21(43)8-14-40/h19,21-26,33-35,40-53H,3,6-18H2,1-2,4-5H3/b29-27+,30-28-,32-31+/t21?,22?,23?,24?,25?,26-,33?,34?,35?,37+,38+,39?/m0/s1. The van der Waals surface area contributed by atoms with E-state index in [1.807, 2.05) is 0 Å². The second-order valence-corrected chi connectivity index (χ2v) is 16.5. The Kier molecular flexibility index (Phi) is 16.7. The summed E-state index contributed by atoms with van der Waals surface area (Å²) in [4.78, 5) is 13.9. The molecule has 18 nitrogen and oxygen atoms in total. The SMILES string of the molecule is C=C1CC2(C(C)C)CCC3[C@](C)(C(=O)OC(O)/C(O)=C(/O)C(O)CCO)CCC[C@@]3(C)[C@@H]2CC1OC(O)/C(O)=C(\OC(O)/C(O)=C(\O)C(O)CCO)C(O)CCO. The second-order valence-electron chi connectivity index (χ2n) is 16.5. The van der Waals surface area contributed by atoms with Crippen LogP contribution < -0.4 is 0 Å². The van der Waals surface area contributed by atoms with Crippen molar-refractivity contribution in [1.82, 2.24) is 0 Å². The van der Waals surface area contributed by atoms with Gasteiger partial charge >= 0.3 is 5.97 Å². The third-order valence-electron chi connectivity index (χ3n) is 12.8. The Hall–Kier alpha value is -3.17. The normalized spacial score (nSPS) is 32.3. The number of carbonyl (C=O) groups is 1. The number of aliphatic hydroxyl groups is 14. The summed E-state index contributed by atoms with van der Waals surface area (Å²) in [5, 5.41) is 142. The molecule has 3 saturated carbocycles. The van der Waals surface area contributed by atoms with Crippen LogP contribution in [0.3, 0.4) is 0 Å². The van der Waals surface area contributed by atoms with E-state index in [-0.39, 0.29) is 36.0 Å². The molecule has 328 valence electrons. The van der Waals surface area contributed by atoms with Gasteiger partial charge in [-0.15, -0.1) is 0 Å². The van der Waals surface area contributed by atoms with Gasteiger partial charge in [0.1, 0.15) is 18.3 Å². The Bertz CT molecular complexity index is 1490. The first kappa shape index (κ1) is 48.2. The zero-order chi connectivity index (χ0) is 43.2. The molecule has 0 aromatic rings. The molecule has 0 aromatic carbocycles. The fraction of sp³-hybridized carbons (Fsp3) is 0.769. The molecule has 14 N–H and O–H groups in total. The van der Waals surface area contributed by atoms with Crippen molar-refractivity contribution in [2.24, 2.45) is 34.0 Å². The van der Waals surface area contributed by atoms with Crippen molar-refractivity contribution in [2.45, 2.75) is 135 Å². The van der Waals surface area contributed by atoms with Gasteiger partial charge in [0.2, 0.25) is 17.8 Å². The number of carbonyl (C=O) groups excluding carboxylic acids is 1. The maximum Gasteiger partial charge on any atom is 0.314 e. The highest BCUT2D eigenvalue weighted by Crippen LogP contribution is 2.70. The topological polar surface area (TPSA) is 328 Å². The Morgan fingerprint density at radius 3 is 1.72 bits per heavy atom. The maximum atomic E-state index is 13.9. The molecule has 12 atom stereocenters. The highest BCUT2D eigenvalue weighted by Gasteiger charge is 2.65. The van der Waals surface area contributed by atoms with E-state index in [1.165, 1.54) is 0 Å². The fourth-order valence-electron chi connectivity index (χ4n) is 9.63. The molecule has 0 aromatic heterocycles. The van der Waals surface area contributed by atoms with Gasteiger partial charge in [-0.05, 0) is 79.6 Å². The van der Waals surface area contributed by atoms with Crippen LogP contribution >= 0.6 is 0 Å². The van der Waals surface area contributed by atoms with E-state index in [0.29, 0.717) is 44.1 Å². The van der Waals surface area contributed by atoms with Crippen molar-refractivity contribution in [3.63, 3.8) is 0 Å². The van der Waals surface area contributed by atoms with E-state index in [9.17, 15) is 66.1 Å². The second kappa shape index (κ2) is 19.7. The minimum absolute atomic E-state index is 0.108. The largest absolute Gasteiger partial charge is 0.506 e. The molecule has 3 fully saturated rings. The predicted octanol–water partition coefficient (Wildman–Crippen LogP) is 1.76. The van der Waals surface area contributed by atoms with Gasteiger partial charge in [0.05, 0.1) is 11.5 Å². The van der Waals surface area contributed by atoms with Crippen LogP contribution in [-0.2, 0) is 19.0 Å². The van der Waals surface area contributed by atoms with Gasteiger partial charge in [-0.25, -0.2) is 0 Å². The van der Waals surface area contributed by atoms with Crippen LogP contribution in [0.5, 0.6) is 0 Å². The number of esters is 1. The Labute approximate surface area is 331 Å². The number of aliphatic hydroxyl groups excluding tert-OH is 14. The van der Waals surface area contributed by atoms with Crippen molar-refractivity contribution in [2.75, 3.05) is 19.8 Å². The van der Waals surface area contributed by atoms with Gasteiger partial charge in [-0.3, -0.25) is 4.79 Å². The molecular formula is C39H64O18. The molecule has 18 heteroatoms. The molecule has 3 aliphatic rings. The van der Waals surface area contributed by atoms with Gasteiger partial charge < -0.3 is 85.7 Å². The monoisotopic (exact) mass is 820 g/mol. The molecule has 0 aliphatic heterocycles. The van der Waals surface area contributed by atoms with E-state index < -0.39 is 127 Å². The molecule has 3 aliphatic carbocycles. The lowest BCUT2D eigenvalue weighted by Gasteiger charge is -2.66. The molecule has 9 unspecified atom stereocenters. The van der Waals surface area contributed by atoms with Crippen molar-refractivity contribution >= 4 is 5.97 Å². The Morgan fingerprint density at radius 1 is 0.702 bits per heavy atom. The van der Waals surface area contributed by atoms with Crippen molar-refractivity contribution < 1.29 is 90.5 Å². The van der Waals surface area contributed by atoms with E-state index >= 15 is 0 Å². The minimum Gasteiger partial charge on any atom is -0.506 e. The number of fused-ring (bicyclic) bond motifs is 3. The first-order valence-electron chi connectivity index (χ1n) is 19.4. The lowest BCUT2D eigenvalue weighted by molar-refractivity contribution is -0.215. The zero-order valence-electron chi connectivity index (χ0n) is 33.1. The molecular weight excluding hydrogens is 756 g/mol. The molecule has 0 spiro atoms. The van der Waals surface area contributed by atoms with Crippen molar-refractivity contribution in [3.8, 4) is 0 Å². The van der Waals surface area contributed by atoms with Gasteiger partial charge in [0.25, 0.3) is 12.6 Å².